The van der Waals surface area contributed by atoms with Crippen LogP contribution in [0.4, 0.5) is 0 Å². The zero-order valence-corrected chi connectivity index (χ0v) is 9.83. The molecule has 0 aliphatic heterocycles. The molecule has 0 radical (unpaired) electrons. The summed E-state index contributed by atoms with van der Waals surface area (Å²) in [5.74, 6) is 0.680. The van der Waals surface area contributed by atoms with Gasteiger partial charge in [-0.1, -0.05) is 19.9 Å². The second-order valence-electron chi connectivity index (χ2n) is 5.43. The molecule has 2 N–H and O–H groups in total. The first kappa shape index (κ1) is 10.6. The maximum Gasteiger partial charge on any atom is 0.0448 e. The zero-order chi connectivity index (χ0) is 11.1. The summed E-state index contributed by atoms with van der Waals surface area (Å²) in [6.45, 7) is 6.69. The van der Waals surface area contributed by atoms with E-state index < -0.39 is 0 Å². The Balaban J connectivity index is 2.01. The molecule has 1 aromatic heterocycles. The van der Waals surface area contributed by atoms with Gasteiger partial charge in [0.15, 0.2) is 0 Å². The van der Waals surface area contributed by atoms with Crippen LogP contribution in [0.5, 0.6) is 0 Å². The Morgan fingerprint density at radius 1 is 1.60 bits per heavy atom. The quantitative estimate of drug-likeness (QED) is 0.820. The zero-order valence-electron chi connectivity index (χ0n) is 9.83. The summed E-state index contributed by atoms with van der Waals surface area (Å²) in [7, 11) is 0. The molecule has 2 unspecified atom stereocenters. The van der Waals surface area contributed by atoms with Crippen molar-refractivity contribution in [2.24, 2.45) is 17.1 Å². The molecule has 1 aliphatic rings. The standard InChI is InChI=1S/C13H20N2/c1-9-5-4-6-15-12(9)7-11(14)10-8-13(10,2)3/h4-6,10-11H,7-8,14H2,1-3H3. The van der Waals surface area contributed by atoms with Crippen LogP contribution in [-0.2, 0) is 6.42 Å². The number of nitrogens with zero attached hydrogens (tertiary/aromatic N) is 1. The second kappa shape index (κ2) is 3.60. The summed E-state index contributed by atoms with van der Waals surface area (Å²) in [6, 6.07) is 4.35. The molecule has 1 fully saturated rings. The van der Waals surface area contributed by atoms with Gasteiger partial charge >= 0.3 is 0 Å². The molecule has 82 valence electrons. The Labute approximate surface area is 91.9 Å². The van der Waals surface area contributed by atoms with E-state index in [0.717, 1.165) is 12.1 Å². The highest BCUT2D eigenvalue weighted by Gasteiger charge is 2.48. The molecule has 0 spiro atoms. The molecule has 2 heteroatoms. The smallest absolute Gasteiger partial charge is 0.0448 e. The highest BCUT2D eigenvalue weighted by molar-refractivity contribution is 5.19. The molecule has 0 aromatic carbocycles. The molecule has 1 aromatic rings. The number of rotatable bonds is 3. The summed E-state index contributed by atoms with van der Waals surface area (Å²) in [5, 5.41) is 0. The predicted molar refractivity (Wildman–Crippen MR) is 62.5 cm³/mol. The highest BCUT2D eigenvalue weighted by atomic mass is 14.8. The van der Waals surface area contributed by atoms with Gasteiger partial charge in [0, 0.05) is 24.4 Å². The fourth-order valence-corrected chi connectivity index (χ4v) is 2.34. The van der Waals surface area contributed by atoms with E-state index in [1.807, 2.05) is 12.3 Å². The van der Waals surface area contributed by atoms with Crippen LogP contribution in [0.3, 0.4) is 0 Å². The molecule has 1 aliphatic carbocycles. The van der Waals surface area contributed by atoms with Crippen molar-refractivity contribution in [3.63, 3.8) is 0 Å². The predicted octanol–water partition coefficient (Wildman–Crippen LogP) is 2.31. The van der Waals surface area contributed by atoms with Crippen LogP contribution in [-0.4, -0.2) is 11.0 Å². The first-order chi connectivity index (χ1) is 7.00. The van der Waals surface area contributed by atoms with E-state index in [9.17, 15) is 0 Å². The molecule has 0 amide bonds. The molecular weight excluding hydrogens is 184 g/mol. The minimum atomic E-state index is 0.272. The summed E-state index contributed by atoms with van der Waals surface area (Å²) < 4.78 is 0. The monoisotopic (exact) mass is 204 g/mol. The van der Waals surface area contributed by atoms with E-state index >= 15 is 0 Å². The first-order valence-electron chi connectivity index (χ1n) is 5.67. The van der Waals surface area contributed by atoms with Crippen molar-refractivity contribution in [3.8, 4) is 0 Å². The number of aryl methyl sites for hydroxylation is 1. The molecule has 1 saturated carbocycles. The lowest BCUT2D eigenvalue weighted by Crippen LogP contribution is -2.28. The van der Waals surface area contributed by atoms with Crippen molar-refractivity contribution in [1.29, 1.82) is 0 Å². The fraction of sp³-hybridized carbons (Fsp3) is 0.615. The van der Waals surface area contributed by atoms with Crippen molar-refractivity contribution < 1.29 is 0 Å². The number of hydrogen-bond acceptors (Lipinski definition) is 2. The third-order valence-electron chi connectivity index (χ3n) is 3.65. The van der Waals surface area contributed by atoms with Gasteiger partial charge in [0.2, 0.25) is 0 Å². The average molecular weight is 204 g/mol. The van der Waals surface area contributed by atoms with Gasteiger partial charge in [-0.3, -0.25) is 4.98 Å². The average Bonchev–Trinajstić information content (AvgIpc) is 2.79. The van der Waals surface area contributed by atoms with E-state index in [-0.39, 0.29) is 6.04 Å². The second-order valence-corrected chi connectivity index (χ2v) is 5.43. The molecule has 0 saturated heterocycles. The van der Waals surface area contributed by atoms with Gasteiger partial charge in [-0.2, -0.15) is 0 Å². The fourth-order valence-electron chi connectivity index (χ4n) is 2.34. The summed E-state index contributed by atoms with van der Waals surface area (Å²) >= 11 is 0. The lowest BCUT2D eigenvalue weighted by Gasteiger charge is -2.14. The van der Waals surface area contributed by atoms with Gasteiger partial charge in [-0.05, 0) is 36.3 Å². The van der Waals surface area contributed by atoms with Gasteiger partial charge in [0.1, 0.15) is 0 Å². The Morgan fingerprint density at radius 2 is 2.27 bits per heavy atom. The Morgan fingerprint density at radius 3 is 2.80 bits per heavy atom. The van der Waals surface area contributed by atoms with Gasteiger partial charge in [-0.25, -0.2) is 0 Å². The first-order valence-corrected chi connectivity index (χ1v) is 5.67. The van der Waals surface area contributed by atoms with Gasteiger partial charge in [0.25, 0.3) is 0 Å². The van der Waals surface area contributed by atoms with Gasteiger partial charge in [0.05, 0.1) is 0 Å². The summed E-state index contributed by atoms with van der Waals surface area (Å²) in [5.41, 5.74) is 9.09. The molecule has 1 heterocycles. The Hall–Kier alpha value is -0.890. The van der Waals surface area contributed by atoms with Crippen molar-refractivity contribution >= 4 is 0 Å². The van der Waals surface area contributed by atoms with Crippen molar-refractivity contribution in [2.45, 2.75) is 39.7 Å². The van der Waals surface area contributed by atoms with Crippen LogP contribution in [0.15, 0.2) is 18.3 Å². The van der Waals surface area contributed by atoms with Crippen LogP contribution in [0, 0.1) is 18.3 Å². The lowest BCUT2D eigenvalue weighted by molar-refractivity contribution is 0.473. The third-order valence-corrected chi connectivity index (χ3v) is 3.65. The van der Waals surface area contributed by atoms with Crippen LogP contribution in [0.25, 0.3) is 0 Å². The number of nitrogens with two attached hydrogens (primary N) is 1. The van der Waals surface area contributed by atoms with E-state index in [1.54, 1.807) is 0 Å². The lowest BCUT2D eigenvalue weighted by atomic mass is 9.99. The van der Waals surface area contributed by atoms with Gasteiger partial charge < -0.3 is 5.73 Å². The van der Waals surface area contributed by atoms with Crippen molar-refractivity contribution in [1.82, 2.24) is 4.98 Å². The molecular formula is C13H20N2. The molecule has 15 heavy (non-hydrogen) atoms. The van der Waals surface area contributed by atoms with Gasteiger partial charge in [-0.15, -0.1) is 0 Å². The van der Waals surface area contributed by atoms with Crippen LogP contribution >= 0.6 is 0 Å². The van der Waals surface area contributed by atoms with Crippen LogP contribution in [0.2, 0.25) is 0 Å². The maximum absolute atomic E-state index is 6.22. The normalized spacial score (nSPS) is 24.9. The topological polar surface area (TPSA) is 38.9 Å². The Kier molecular flexibility index (Phi) is 2.55. The SMILES string of the molecule is Cc1cccnc1CC(N)C1CC1(C)C. The summed E-state index contributed by atoms with van der Waals surface area (Å²) in [6.07, 6.45) is 4.04. The molecule has 2 atom stereocenters. The Bertz CT molecular complexity index is 357. The minimum Gasteiger partial charge on any atom is -0.327 e. The summed E-state index contributed by atoms with van der Waals surface area (Å²) in [4.78, 5) is 4.40. The van der Waals surface area contributed by atoms with Crippen LogP contribution < -0.4 is 5.73 Å². The maximum atomic E-state index is 6.22. The van der Waals surface area contributed by atoms with Crippen molar-refractivity contribution in [2.75, 3.05) is 0 Å². The van der Waals surface area contributed by atoms with E-state index in [0.29, 0.717) is 11.3 Å². The number of hydrogen-bond donors (Lipinski definition) is 1. The van der Waals surface area contributed by atoms with E-state index in [4.69, 9.17) is 5.73 Å². The minimum absolute atomic E-state index is 0.272. The van der Waals surface area contributed by atoms with E-state index in [1.165, 1.54) is 12.0 Å². The van der Waals surface area contributed by atoms with Crippen molar-refractivity contribution in [3.05, 3.63) is 29.6 Å². The molecule has 0 bridgehead atoms. The number of aromatic nitrogens is 1. The highest BCUT2D eigenvalue weighted by Crippen LogP contribution is 2.53. The largest absolute Gasteiger partial charge is 0.327 e. The van der Waals surface area contributed by atoms with Crippen LogP contribution in [0.1, 0.15) is 31.5 Å². The van der Waals surface area contributed by atoms with E-state index in [2.05, 4.69) is 31.8 Å². The number of pyridine rings is 1. The molecule has 2 rings (SSSR count). The third kappa shape index (κ3) is 2.20. The molecule has 2 nitrogen and oxygen atoms in total.